The monoisotopic (exact) mass is 225 g/mol. The molecule has 0 unspecified atom stereocenters. The van der Waals surface area contributed by atoms with Crippen LogP contribution in [0, 0.1) is 0 Å². The van der Waals surface area contributed by atoms with Gasteiger partial charge in [0, 0.05) is 31.0 Å². The Kier molecular flexibility index (Phi) is 2.08. The van der Waals surface area contributed by atoms with Gasteiger partial charge in [-0.3, -0.25) is 4.79 Å². The van der Waals surface area contributed by atoms with E-state index in [1.165, 1.54) is 0 Å². The predicted molar refractivity (Wildman–Crippen MR) is 64.9 cm³/mol. The predicted octanol–water partition coefficient (Wildman–Crippen LogP) is 2.13. The van der Waals surface area contributed by atoms with E-state index in [4.69, 9.17) is 0 Å². The number of pyridine rings is 1. The molecule has 3 heterocycles. The number of aromatic amines is 1. The van der Waals surface area contributed by atoms with Gasteiger partial charge in [-0.15, -0.1) is 0 Å². The molecule has 0 aliphatic heterocycles. The second-order valence-corrected chi connectivity index (χ2v) is 3.94. The lowest BCUT2D eigenvalue weighted by molar-refractivity contribution is 0.103. The van der Waals surface area contributed by atoms with Crippen LogP contribution in [0.3, 0.4) is 0 Å². The zero-order chi connectivity index (χ0) is 11.8. The Bertz CT molecular complexity index is 693. The zero-order valence-electron chi connectivity index (χ0n) is 9.34. The summed E-state index contributed by atoms with van der Waals surface area (Å²) in [6.45, 7) is 0. The van der Waals surface area contributed by atoms with Crippen molar-refractivity contribution in [1.29, 1.82) is 0 Å². The van der Waals surface area contributed by atoms with E-state index in [0.29, 0.717) is 11.3 Å². The first-order chi connectivity index (χ1) is 8.27. The fourth-order valence-corrected chi connectivity index (χ4v) is 1.98. The Labute approximate surface area is 97.9 Å². The van der Waals surface area contributed by atoms with Crippen molar-refractivity contribution in [2.75, 3.05) is 0 Å². The van der Waals surface area contributed by atoms with Gasteiger partial charge in [0.2, 0.25) is 5.78 Å². The summed E-state index contributed by atoms with van der Waals surface area (Å²) in [6.07, 6.45) is 5.28. The molecule has 0 aliphatic rings. The van der Waals surface area contributed by atoms with Gasteiger partial charge in [-0.2, -0.15) is 0 Å². The second-order valence-electron chi connectivity index (χ2n) is 3.94. The van der Waals surface area contributed by atoms with Crippen molar-refractivity contribution < 1.29 is 4.79 Å². The summed E-state index contributed by atoms with van der Waals surface area (Å²) in [5.41, 5.74) is 2.08. The summed E-state index contributed by atoms with van der Waals surface area (Å²) in [7, 11) is 1.86. The number of aryl methyl sites for hydroxylation is 1. The van der Waals surface area contributed by atoms with Crippen LogP contribution in [0.25, 0.3) is 11.0 Å². The van der Waals surface area contributed by atoms with Gasteiger partial charge in [0.25, 0.3) is 0 Å². The molecule has 3 rings (SSSR count). The van der Waals surface area contributed by atoms with Crippen LogP contribution in [0.15, 0.2) is 42.9 Å². The second kappa shape index (κ2) is 3.59. The summed E-state index contributed by atoms with van der Waals surface area (Å²) in [6, 6.07) is 7.41. The van der Waals surface area contributed by atoms with Crippen molar-refractivity contribution >= 4 is 16.8 Å². The highest BCUT2D eigenvalue weighted by molar-refractivity contribution is 6.15. The van der Waals surface area contributed by atoms with Gasteiger partial charge in [-0.05, 0) is 24.3 Å². The van der Waals surface area contributed by atoms with E-state index in [1.807, 2.05) is 42.1 Å². The molecule has 4 nitrogen and oxygen atoms in total. The number of hydrogen-bond donors (Lipinski definition) is 1. The van der Waals surface area contributed by atoms with Crippen LogP contribution in [0.5, 0.6) is 0 Å². The molecule has 0 amide bonds. The van der Waals surface area contributed by atoms with E-state index in [-0.39, 0.29) is 5.78 Å². The van der Waals surface area contributed by atoms with Crippen molar-refractivity contribution in [3.8, 4) is 0 Å². The number of nitrogens with one attached hydrogen (secondary N) is 1. The molecule has 1 N–H and O–H groups in total. The SMILES string of the molecule is Cn1cccc1C(=O)c1c[nH]c2ncccc12. The Morgan fingerprint density at radius 1 is 1.35 bits per heavy atom. The number of hydrogen-bond acceptors (Lipinski definition) is 2. The number of carbonyl (C=O) groups is 1. The van der Waals surface area contributed by atoms with Crippen LogP contribution in [-0.4, -0.2) is 20.3 Å². The third kappa shape index (κ3) is 1.45. The van der Waals surface area contributed by atoms with Crippen LogP contribution in [0.2, 0.25) is 0 Å². The minimum atomic E-state index is 0.0109. The zero-order valence-corrected chi connectivity index (χ0v) is 9.34. The molecule has 0 atom stereocenters. The normalized spacial score (nSPS) is 10.9. The van der Waals surface area contributed by atoms with E-state index in [9.17, 15) is 4.79 Å². The maximum atomic E-state index is 12.3. The fourth-order valence-electron chi connectivity index (χ4n) is 1.98. The van der Waals surface area contributed by atoms with Crippen LogP contribution >= 0.6 is 0 Å². The number of ketones is 1. The lowest BCUT2D eigenvalue weighted by Crippen LogP contribution is -2.06. The number of H-pyrrole nitrogens is 1. The Balaban J connectivity index is 2.17. The average Bonchev–Trinajstić information content (AvgIpc) is 2.94. The highest BCUT2D eigenvalue weighted by Crippen LogP contribution is 2.19. The molecule has 0 aromatic carbocycles. The maximum Gasteiger partial charge on any atom is 0.211 e. The summed E-state index contributed by atoms with van der Waals surface area (Å²) in [5.74, 6) is 0.0109. The summed E-state index contributed by atoms with van der Waals surface area (Å²) in [4.78, 5) is 19.5. The number of carbonyl (C=O) groups excluding carboxylic acids is 1. The standard InChI is InChI=1S/C13H11N3O/c1-16-7-3-5-11(16)12(17)10-8-15-13-9(10)4-2-6-14-13/h2-8H,1H3,(H,14,15). The van der Waals surface area contributed by atoms with E-state index in [1.54, 1.807) is 12.4 Å². The Morgan fingerprint density at radius 2 is 2.24 bits per heavy atom. The third-order valence-electron chi connectivity index (χ3n) is 2.87. The first kappa shape index (κ1) is 9.84. The van der Waals surface area contributed by atoms with Crippen LogP contribution in [-0.2, 0) is 7.05 Å². The van der Waals surface area contributed by atoms with Crippen LogP contribution in [0.4, 0.5) is 0 Å². The number of fused-ring (bicyclic) bond motifs is 1. The van der Waals surface area contributed by atoms with E-state index < -0.39 is 0 Å². The minimum absolute atomic E-state index is 0.0109. The summed E-state index contributed by atoms with van der Waals surface area (Å²) >= 11 is 0. The molecule has 0 spiro atoms. The van der Waals surface area contributed by atoms with E-state index in [0.717, 1.165) is 11.0 Å². The van der Waals surface area contributed by atoms with Crippen molar-refractivity contribution in [2.24, 2.45) is 7.05 Å². The molecule has 0 fully saturated rings. The van der Waals surface area contributed by atoms with Crippen molar-refractivity contribution in [3.05, 3.63) is 54.1 Å². The van der Waals surface area contributed by atoms with Gasteiger partial charge in [0.05, 0.1) is 11.3 Å². The Morgan fingerprint density at radius 3 is 3.00 bits per heavy atom. The molecule has 0 bridgehead atoms. The topological polar surface area (TPSA) is 50.7 Å². The van der Waals surface area contributed by atoms with Gasteiger partial charge in [-0.25, -0.2) is 4.98 Å². The van der Waals surface area contributed by atoms with E-state index >= 15 is 0 Å². The molecular weight excluding hydrogens is 214 g/mol. The first-order valence-corrected chi connectivity index (χ1v) is 5.35. The molecule has 84 valence electrons. The van der Waals surface area contributed by atoms with Gasteiger partial charge in [0.15, 0.2) is 0 Å². The van der Waals surface area contributed by atoms with Crippen molar-refractivity contribution in [3.63, 3.8) is 0 Å². The molecule has 3 aromatic rings. The smallest absolute Gasteiger partial charge is 0.211 e. The molecular formula is C13H11N3O. The van der Waals surface area contributed by atoms with E-state index in [2.05, 4.69) is 9.97 Å². The molecule has 0 radical (unpaired) electrons. The largest absolute Gasteiger partial charge is 0.348 e. The molecule has 0 aliphatic carbocycles. The Hall–Kier alpha value is -2.36. The van der Waals surface area contributed by atoms with Gasteiger partial charge in [-0.1, -0.05) is 0 Å². The highest BCUT2D eigenvalue weighted by atomic mass is 16.1. The van der Waals surface area contributed by atoms with Crippen molar-refractivity contribution in [2.45, 2.75) is 0 Å². The molecule has 0 saturated heterocycles. The third-order valence-corrected chi connectivity index (χ3v) is 2.87. The molecule has 17 heavy (non-hydrogen) atoms. The van der Waals surface area contributed by atoms with Crippen LogP contribution in [0.1, 0.15) is 16.1 Å². The lowest BCUT2D eigenvalue weighted by Gasteiger charge is -2.00. The number of aromatic nitrogens is 3. The first-order valence-electron chi connectivity index (χ1n) is 5.35. The lowest BCUT2D eigenvalue weighted by atomic mass is 10.1. The average molecular weight is 225 g/mol. The molecule has 3 aromatic heterocycles. The highest BCUT2D eigenvalue weighted by Gasteiger charge is 2.16. The van der Waals surface area contributed by atoms with Crippen molar-refractivity contribution in [1.82, 2.24) is 14.5 Å². The van der Waals surface area contributed by atoms with Gasteiger partial charge < -0.3 is 9.55 Å². The summed E-state index contributed by atoms with van der Waals surface area (Å²) < 4.78 is 1.82. The molecule has 4 heteroatoms. The fraction of sp³-hybridized carbons (Fsp3) is 0.0769. The van der Waals surface area contributed by atoms with Gasteiger partial charge in [0.1, 0.15) is 5.65 Å². The quantitative estimate of drug-likeness (QED) is 0.679. The minimum Gasteiger partial charge on any atom is -0.348 e. The number of rotatable bonds is 2. The van der Waals surface area contributed by atoms with Crippen LogP contribution < -0.4 is 0 Å². The summed E-state index contributed by atoms with van der Waals surface area (Å²) in [5, 5.41) is 0.860. The maximum absolute atomic E-state index is 12.3. The molecule has 0 saturated carbocycles. The number of nitrogens with zero attached hydrogens (tertiary/aromatic N) is 2. The van der Waals surface area contributed by atoms with Gasteiger partial charge >= 0.3 is 0 Å².